The summed E-state index contributed by atoms with van der Waals surface area (Å²) in [6, 6.07) is 25.8. The molecule has 0 spiro atoms. The minimum atomic E-state index is -0.0810. The Morgan fingerprint density at radius 3 is 2.11 bits per heavy atom. The van der Waals surface area contributed by atoms with Crippen molar-refractivity contribution in [3.63, 3.8) is 0 Å². The number of ether oxygens (including phenoxy) is 1. The molecule has 0 fully saturated rings. The van der Waals surface area contributed by atoms with Crippen LogP contribution in [0.25, 0.3) is 0 Å². The molecular weight excluding hydrogens is 402 g/mol. The highest BCUT2D eigenvalue weighted by Crippen LogP contribution is 2.26. The molecular formula is C23H22BrNO2. The van der Waals surface area contributed by atoms with Gasteiger partial charge in [-0.2, -0.15) is 0 Å². The van der Waals surface area contributed by atoms with E-state index in [4.69, 9.17) is 4.74 Å². The summed E-state index contributed by atoms with van der Waals surface area (Å²) >= 11 is 3.50. The molecule has 3 rings (SSSR count). The highest BCUT2D eigenvalue weighted by molar-refractivity contribution is 9.10. The molecule has 0 radical (unpaired) electrons. The van der Waals surface area contributed by atoms with Gasteiger partial charge in [0, 0.05) is 18.5 Å². The molecule has 27 heavy (non-hydrogen) atoms. The van der Waals surface area contributed by atoms with Crippen LogP contribution in [-0.4, -0.2) is 19.1 Å². The van der Waals surface area contributed by atoms with Crippen molar-refractivity contribution in [2.24, 2.45) is 0 Å². The van der Waals surface area contributed by atoms with Crippen molar-refractivity contribution < 1.29 is 9.53 Å². The molecule has 1 amide bonds. The molecule has 3 aromatic carbocycles. The number of carbonyl (C=O) groups excluding carboxylic acids is 1. The summed E-state index contributed by atoms with van der Waals surface area (Å²) in [6.07, 6.45) is 1.66. The van der Waals surface area contributed by atoms with Crippen molar-refractivity contribution >= 4 is 21.8 Å². The van der Waals surface area contributed by atoms with Crippen molar-refractivity contribution in [3.8, 4) is 5.75 Å². The lowest BCUT2D eigenvalue weighted by Crippen LogP contribution is -2.25. The van der Waals surface area contributed by atoms with E-state index >= 15 is 0 Å². The van der Waals surface area contributed by atoms with E-state index in [9.17, 15) is 4.79 Å². The van der Waals surface area contributed by atoms with Gasteiger partial charge in [0.2, 0.25) is 0 Å². The molecule has 0 atom stereocenters. The fraction of sp³-hybridized carbons (Fsp3) is 0.174. The molecule has 0 aliphatic rings. The Labute approximate surface area is 168 Å². The van der Waals surface area contributed by atoms with Gasteiger partial charge in [-0.3, -0.25) is 4.79 Å². The maximum atomic E-state index is 12.3. The smallest absolute Gasteiger partial charge is 0.251 e. The van der Waals surface area contributed by atoms with E-state index in [1.165, 1.54) is 11.1 Å². The molecule has 0 unspecified atom stereocenters. The van der Waals surface area contributed by atoms with E-state index in [0.29, 0.717) is 18.7 Å². The van der Waals surface area contributed by atoms with E-state index < -0.39 is 0 Å². The number of benzene rings is 3. The molecule has 0 saturated heterocycles. The molecule has 0 bridgehead atoms. The Bertz CT molecular complexity index is 866. The van der Waals surface area contributed by atoms with Crippen molar-refractivity contribution in [1.29, 1.82) is 0 Å². The van der Waals surface area contributed by atoms with Crippen LogP contribution in [0.5, 0.6) is 5.75 Å². The van der Waals surface area contributed by atoms with Crippen LogP contribution >= 0.6 is 15.9 Å². The van der Waals surface area contributed by atoms with Gasteiger partial charge >= 0.3 is 0 Å². The van der Waals surface area contributed by atoms with Gasteiger partial charge in [-0.05, 0) is 51.7 Å². The Hall–Kier alpha value is -2.59. The maximum Gasteiger partial charge on any atom is 0.251 e. The molecule has 0 aromatic heterocycles. The third-order valence-corrected chi connectivity index (χ3v) is 4.85. The summed E-state index contributed by atoms with van der Waals surface area (Å²) in [6.45, 7) is 1.20. The van der Waals surface area contributed by atoms with Gasteiger partial charge < -0.3 is 10.1 Å². The molecule has 4 heteroatoms. The van der Waals surface area contributed by atoms with Crippen LogP contribution in [0.3, 0.4) is 0 Å². The monoisotopic (exact) mass is 423 g/mol. The molecule has 1 N–H and O–H groups in total. The van der Waals surface area contributed by atoms with Gasteiger partial charge in [0.15, 0.2) is 0 Å². The number of nitrogens with one attached hydrogen (secondary N) is 1. The lowest BCUT2D eigenvalue weighted by molar-refractivity contribution is 0.0954. The van der Waals surface area contributed by atoms with Crippen LogP contribution in [0.1, 0.15) is 21.5 Å². The van der Waals surface area contributed by atoms with Crippen LogP contribution in [0.15, 0.2) is 83.3 Å². The highest BCUT2D eigenvalue weighted by Gasteiger charge is 2.09. The van der Waals surface area contributed by atoms with Crippen LogP contribution in [0.2, 0.25) is 0 Å². The summed E-state index contributed by atoms with van der Waals surface area (Å²) in [7, 11) is 0. The average molecular weight is 424 g/mol. The molecule has 3 aromatic rings. The second-order valence-electron chi connectivity index (χ2n) is 6.22. The molecule has 3 nitrogen and oxygen atoms in total. The fourth-order valence-electron chi connectivity index (χ4n) is 2.75. The van der Waals surface area contributed by atoms with Crippen LogP contribution in [-0.2, 0) is 12.8 Å². The van der Waals surface area contributed by atoms with Gasteiger partial charge in [-0.15, -0.1) is 0 Å². The van der Waals surface area contributed by atoms with Gasteiger partial charge in [0.1, 0.15) is 5.75 Å². The van der Waals surface area contributed by atoms with E-state index in [0.717, 1.165) is 23.1 Å². The summed E-state index contributed by atoms with van der Waals surface area (Å²) in [5, 5.41) is 2.96. The van der Waals surface area contributed by atoms with Crippen LogP contribution in [0, 0.1) is 0 Å². The van der Waals surface area contributed by atoms with E-state index in [1.54, 1.807) is 12.1 Å². The first-order valence-corrected chi connectivity index (χ1v) is 9.80. The van der Waals surface area contributed by atoms with E-state index in [1.807, 2.05) is 42.5 Å². The Morgan fingerprint density at radius 1 is 0.852 bits per heavy atom. The minimum Gasteiger partial charge on any atom is -0.492 e. The minimum absolute atomic E-state index is 0.0810. The zero-order chi connectivity index (χ0) is 18.9. The molecule has 0 saturated carbocycles. The second-order valence-corrected chi connectivity index (χ2v) is 7.08. The van der Waals surface area contributed by atoms with Crippen molar-refractivity contribution in [2.45, 2.75) is 12.8 Å². The lowest BCUT2D eigenvalue weighted by atomic mass is 10.1. The summed E-state index contributed by atoms with van der Waals surface area (Å²) in [4.78, 5) is 12.3. The van der Waals surface area contributed by atoms with Crippen LogP contribution < -0.4 is 10.1 Å². The fourth-order valence-corrected chi connectivity index (χ4v) is 3.24. The third kappa shape index (κ3) is 5.97. The molecule has 0 heterocycles. The standard InChI is InChI=1S/C23H22BrNO2/c24-21-17-20(23(26)25-15-13-18-7-3-1-4-8-18)11-12-22(21)27-16-14-19-9-5-2-6-10-19/h1-12,17H,13-16H2,(H,25,26). The van der Waals surface area contributed by atoms with E-state index in [2.05, 4.69) is 45.5 Å². The Kier molecular flexibility index (Phi) is 7.05. The molecule has 0 aliphatic heterocycles. The SMILES string of the molecule is O=C(NCCc1ccccc1)c1ccc(OCCc2ccccc2)c(Br)c1. The molecule has 0 aliphatic carbocycles. The number of carbonyl (C=O) groups is 1. The highest BCUT2D eigenvalue weighted by atomic mass is 79.9. The number of amides is 1. The van der Waals surface area contributed by atoms with Crippen molar-refractivity contribution in [2.75, 3.05) is 13.2 Å². The third-order valence-electron chi connectivity index (χ3n) is 4.23. The first kappa shape index (κ1) is 19.2. The van der Waals surface area contributed by atoms with Crippen molar-refractivity contribution in [3.05, 3.63) is 100 Å². The quantitative estimate of drug-likeness (QED) is 0.550. The summed E-state index contributed by atoms with van der Waals surface area (Å²) in [5.41, 5.74) is 3.06. The summed E-state index contributed by atoms with van der Waals surface area (Å²) < 4.78 is 6.62. The predicted molar refractivity (Wildman–Crippen MR) is 112 cm³/mol. The normalized spacial score (nSPS) is 10.4. The van der Waals surface area contributed by atoms with Gasteiger partial charge in [-0.25, -0.2) is 0 Å². The van der Waals surface area contributed by atoms with Crippen LogP contribution in [0.4, 0.5) is 0 Å². The maximum absolute atomic E-state index is 12.3. The van der Waals surface area contributed by atoms with E-state index in [-0.39, 0.29) is 5.91 Å². The first-order chi connectivity index (χ1) is 13.2. The topological polar surface area (TPSA) is 38.3 Å². The largest absolute Gasteiger partial charge is 0.492 e. The summed E-state index contributed by atoms with van der Waals surface area (Å²) in [5.74, 6) is 0.661. The van der Waals surface area contributed by atoms with Gasteiger partial charge in [-0.1, -0.05) is 60.7 Å². The molecule has 138 valence electrons. The zero-order valence-electron chi connectivity index (χ0n) is 15.0. The number of halogens is 1. The number of hydrogen-bond donors (Lipinski definition) is 1. The average Bonchev–Trinajstić information content (AvgIpc) is 2.71. The Morgan fingerprint density at radius 2 is 1.48 bits per heavy atom. The number of rotatable bonds is 8. The number of hydrogen-bond acceptors (Lipinski definition) is 2. The lowest BCUT2D eigenvalue weighted by Gasteiger charge is -2.10. The first-order valence-electron chi connectivity index (χ1n) is 9.01. The predicted octanol–water partition coefficient (Wildman–Crippen LogP) is 5.04. The zero-order valence-corrected chi connectivity index (χ0v) is 16.6. The van der Waals surface area contributed by atoms with Crippen molar-refractivity contribution in [1.82, 2.24) is 5.32 Å². The second kappa shape index (κ2) is 9.93. The Balaban J connectivity index is 1.48. The van der Waals surface area contributed by atoms with Gasteiger partial charge in [0.25, 0.3) is 5.91 Å². The van der Waals surface area contributed by atoms with Gasteiger partial charge in [0.05, 0.1) is 11.1 Å².